The first kappa shape index (κ1) is 7.78. The number of rotatable bonds is 2. The predicted octanol–water partition coefficient (Wildman–Crippen LogP) is -0.0946. The Labute approximate surface area is 64.4 Å². The number of carbonyl (C=O) groups excluding carboxylic acids is 2. The van der Waals surface area contributed by atoms with Crippen molar-refractivity contribution in [3.63, 3.8) is 0 Å². The zero-order valence-corrected chi connectivity index (χ0v) is 6.24. The molecular weight excluding hydrogens is 146 g/mol. The molecule has 11 heavy (non-hydrogen) atoms. The fraction of sp³-hybridized carbons (Fsp3) is 0.429. The number of hydrogen-bond acceptors (Lipinski definition) is 3. The highest BCUT2D eigenvalue weighted by molar-refractivity contribution is 5.91. The summed E-state index contributed by atoms with van der Waals surface area (Å²) in [5.41, 5.74) is 0. The van der Waals surface area contributed by atoms with E-state index in [1.54, 1.807) is 0 Å². The normalized spacial score (nSPS) is 16.8. The van der Waals surface area contributed by atoms with Crippen molar-refractivity contribution >= 4 is 12.2 Å². The van der Waals surface area contributed by atoms with Crippen molar-refractivity contribution < 1.29 is 14.3 Å². The number of ketones is 1. The van der Waals surface area contributed by atoms with E-state index in [-0.39, 0.29) is 11.5 Å². The molecule has 4 nitrogen and oxygen atoms in total. The number of hydrogen-bond donors (Lipinski definition) is 0. The van der Waals surface area contributed by atoms with E-state index in [0.29, 0.717) is 19.6 Å². The van der Waals surface area contributed by atoms with Gasteiger partial charge in [0.25, 0.3) is 0 Å². The first-order valence-corrected chi connectivity index (χ1v) is 3.30. The van der Waals surface area contributed by atoms with Crippen LogP contribution in [0.4, 0.5) is 0 Å². The molecule has 60 valence electrons. The summed E-state index contributed by atoms with van der Waals surface area (Å²) < 4.78 is 4.98. The third kappa shape index (κ3) is 1.80. The Morgan fingerprint density at radius 2 is 2.55 bits per heavy atom. The van der Waals surface area contributed by atoms with E-state index in [1.165, 1.54) is 18.0 Å². The molecule has 1 aliphatic heterocycles. The van der Waals surface area contributed by atoms with Gasteiger partial charge in [0.05, 0.1) is 12.7 Å². The van der Waals surface area contributed by atoms with E-state index in [0.717, 1.165) is 0 Å². The maximum atomic E-state index is 10.7. The molecule has 0 saturated carbocycles. The SMILES string of the molecule is CC(=O)C1=CN(C=O)CCO1. The van der Waals surface area contributed by atoms with E-state index >= 15 is 0 Å². The fourth-order valence-electron chi connectivity index (χ4n) is 0.789. The number of amides is 1. The van der Waals surface area contributed by atoms with E-state index in [1.807, 2.05) is 0 Å². The molecule has 0 aliphatic carbocycles. The molecule has 0 aromatic rings. The molecule has 0 aromatic carbocycles. The lowest BCUT2D eigenvalue weighted by Gasteiger charge is -2.20. The van der Waals surface area contributed by atoms with Crippen LogP contribution in [-0.4, -0.2) is 30.2 Å². The predicted molar refractivity (Wildman–Crippen MR) is 37.5 cm³/mol. The van der Waals surface area contributed by atoms with Crippen LogP contribution in [0.1, 0.15) is 6.92 Å². The third-order valence-electron chi connectivity index (χ3n) is 1.37. The van der Waals surface area contributed by atoms with Gasteiger partial charge in [-0.25, -0.2) is 0 Å². The van der Waals surface area contributed by atoms with Gasteiger partial charge in [-0.15, -0.1) is 0 Å². The van der Waals surface area contributed by atoms with E-state index in [9.17, 15) is 9.59 Å². The highest BCUT2D eigenvalue weighted by atomic mass is 16.5. The molecule has 0 aromatic heterocycles. The average molecular weight is 155 g/mol. The largest absolute Gasteiger partial charge is 0.486 e. The molecule has 0 spiro atoms. The lowest BCUT2D eigenvalue weighted by Crippen LogP contribution is -2.27. The Bertz CT molecular complexity index is 210. The van der Waals surface area contributed by atoms with Gasteiger partial charge in [0.1, 0.15) is 6.61 Å². The molecule has 0 N–H and O–H groups in total. The summed E-state index contributed by atoms with van der Waals surface area (Å²) in [5.74, 6) is 0.0971. The van der Waals surface area contributed by atoms with Crippen LogP contribution in [0.5, 0.6) is 0 Å². The molecule has 0 fully saturated rings. The van der Waals surface area contributed by atoms with Gasteiger partial charge in [-0.1, -0.05) is 0 Å². The lowest BCUT2D eigenvalue weighted by atomic mass is 10.3. The number of allylic oxidation sites excluding steroid dienone is 1. The van der Waals surface area contributed by atoms with Crippen LogP contribution in [-0.2, 0) is 14.3 Å². The molecule has 0 atom stereocenters. The Balaban J connectivity index is 2.71. The highest BCUT2D eigenvalue weighted by Crippen LogP contribution is 2.06. The van der Waals surface area contributed by atoms with Crippen LogP contribution in [0.25, 0.3) is 0 Å². The van der Waals surface area contributed by atoms with Gasteiger partial charge >= 0.3 is 0 Å². The van der Waals surface area contributed by atoms with Crippen LogP contribution in [0.15, 0.2) is 12.0 Å². The van der Waals surface area contributed by atoms with Crippen LogP contribution in [0.3, 0.4) is 0 Å². The molecule has 1 aliphatic rings. The zero-order valence-electron chi connectivity index (χ0n) is 6.24. The van der Waals surface area contributed by atoms with Gasteiger partial charge in [-0.3, -0.25) is 9.59 Å². The molecule has 0 unspecified atom stereocenters. The van der Waals surface area contributed by atoms with Gasteiger partial charge in [0.2, 0.25) is 6.41 Å². The minimum absolute atomic E-state index is 0.156. The first-order chi connectivity index (χ1) is 5.24. The van der Waals surface area contributed by atoms with Gasteiger partial charge < -0.3 is 9.64 Å². The first-order valence-electron chi connectivity index (χ1n) is 3.30. The smallest absolute Gasteiger partial charge is 0.213 e. The highest BCUT2D eigenvalue weighted by Gasteiger charge is 2.12. The standard InChI is InChI=1S/C7H9NO3/c1-6(10)7-4-8(5-9)2-3-11-7/h4-5H,2-3H2,1H3. The summed E-state index contributed by atoms with van der Waals surface area (Å²) in [6.45, 7) is 2.31. The second-order valence-corrected chi connectivity index (χ2v) is 2.24. The van der Waals surface area contributed by atoms with Crippen molar-refractivity contribution in [2.75, 3.05) is 13.2 Å². The van der Waals surface area contributed by atoms with E-state index in [2.05, 4.69) is 0 Å². The second-order valence-electron chi connectivity index (χ2n) is 2.24. The minimum atomic E-state index is -0.156. The third-order valence-corrected chi connectivity index (χ3v) is 1.37. The number of Topliss-reactive ketones (excluding diaryl/α,β-unsaturated/α-hetero) is 1. The summed E-state index contributed by atoms with van der Waals surface area (Å²) in [6, 6.07) is 0. The maximum absolute atomic E-state index is 10.7. The van der Waals surface area contributed by atoms with Crippen molar-refractivity contribution in [3.8, 4) is 0 Å². The topological polar surface area (TPSA) is 46.6 Å². The molecule has 1 rings (SSSR count). The lowest BCUT2D eigenvalue weighted by molar-refractivity contribution is -0.119. The van der Waals surface area contributed by atoms with Crippen molar-refractivity contribution in [2.24, 2.45) is 0 Å². The maximum Gasteiger partial charge on any atom is 0.213 e. The van der Waals surface area contributed by atoms with Gasteiger partial charge in [0.15, 0.2) is 11.5 Å². The molecule has 4 heteroatoms. The quantitative estimate of drug-likeness (QED) is 0.523. The van der Waals surface area contributed by atoms with Crippen molar-refractivity contribution in [1.29, 1.82) is 0 Å². The summed E-state index contributed by atoms with van der Waals surface area (Å²) >= 11 is 0. The van der Waals surface area contributed by atoms with Crippen LogP contribution in [0.2, 0.25) is 0 Å². The molecular formula is C7H9NO3. The summed E-state index contributed by atoms with van der Waals surface area (Å²) in [5, 5.41) is 0. The zero-order chi connectivity index (χ0) is 8.27. The Morgan fingerprint density at radius 1 is 1.82 bits per heavy atom. The van der Waals surface area contributed by atoms with Gasteiger partial charge in [-0.05, 0) is 0 Å². The van der Waals surface area contributed by atoms with Gasteiger partial charge in [0, 0.05) is 6.92 Å². The number of ether oxygens (including phenoxy) is 1. The Hall–Kier alpha value is -1.32. The van der Waals surface area contributed by atoms with Crippen molar-refractivity contribution in [2.45, 2.75) is 6.92 Å². The van der Waals surface area contributed by atoms with E-state index in [4.69, 9.17) is 4.74 Å². The van der Waals surface area contributed by atoms with Gasteiger partial charge in [-0.2, -0.15) is 0 Å². The van der Waals surface area contributed by atoms with Crippen molar-refractivity contribution in [1.82, 2.24) is 4.90 Å². The summed E-state index contributed by atoms with van der Waals surface area (Å²) in [6.07, 6.45) is 2.09. The molecule has 1 heterocycles. The number of carbonyl (C=O) groups is 2. The average Bonchev–Trinajstić information content (AvgIpc) is 2.05. The van der Waals surface area contributed by atoms with Crippen molar-refractivity contribution in [3.05, 3.63) is 12.0 Å². The summed E-state index contributed by atoms with van der Waals surface area (Å²) in [4.78, 5) is 22.4. The Morgan fingerprint density at radius 3 is 3.09 bits per heavy atom. The van der Waals surface area contributed by atoms with Crippen LogP contribution < -0.4 is 0 Å². The minimum Gasteiger partial charge on any atom is -0.486 e. The summed E-state index contributed by atoms with van der Waals surface area (Å²) in [7, 11) is 0. The van der Waals surface area contributed by atoms with Crippen LogP contribution in [0, 0.1) is 0 Å². The molecule has 0 bridgehead atoms. The van der Waals surface area contributed by atoms with Crippen LogP contribution >= 0.6 is 0 Å². The molecule has 1 amide bonds. The number of nitrogens with zero attached hydrogens (tertiary/aromatic N) is 1. The molecule has 0 radical (unpaired) electrons. The Kier molecular flexibility index (Phi) is 2.25. The van der Waals surface area contributed by atoms with E-state index < -0.39 is 0 Å². The molecule has 0 saturated heterocycles. The fourth-order valence-corrected chi connectivity index (χ4v) is 0.789. The monoisotopic (exact) mass is 155 g/mol. The second kappa shape index (κ2) is 3.18.